The van der Waals surface area contributed by atoms with Gasteiger partial charge in [-0.25, -0.2) is 4.79 Å². The molecule has 3 heterocycles. The highest BCUT2D eigenvalue weighted by Gasteiger charge is 2.34. The summed E-state index contributed by atoms with van der Waals surface area (Å²) >= 11 is 0. The van der Waals surface area contributed by atoms with Crippen LogP contribution in [0, 0.1) is 0 Å². The van der Waals surface area contributed by atoms with E-state index in [-0.39, 0.29) is 11.9 Å². The number of carbonyl (C=O) groups is 1. The number of amides is 1. The number of hydrogen-bond donors (Lipinski definition) is 0. The Kier molecular flexibility index (Phi) is 6.26. The summed E-state index contributed by atoms with van der Waals surface area (Å²) < 4.78 is 11.7. The van der Waals surface area contributed by atoms with Gasteiger partial charge in [-0.05, 0) is 66.6 Å². The second-order valence-electron chi connectivity index (χ2n) is 9.91. The summed E-state index contributed by atoms with van der Waals surface area (Å²) in [5.74, 6) is 0.652. The third-order valence-corrected chi connectivity index (χ3v) is 7.62. The first-order valence-electron chi connectivity index (χ1n) is 13.0. The number of benzene rings is 3. The SMILES string of the molecule is C[C@@H](C(=O)N1CCCc2c1c(=O)oc1ccc(OCc3ccccc3)cc21)N1CCc2ccccc2C1. The van der Waals surface area contributed by atoms with Crippen molar-refractivity contribution in [3.05, 3.63) is 105 Å². The van der Waals surface area contributed by atoms with Crippen LogP contribution in [0.2, 0.25) is 0 Å². The zero-order chi connectivity index (χ0) is 25.4. The summed E-state index contributed by atoms with van der Waals surface area (Å²) in [6.45, 7) is 4.47. The molecule has 0 aliphatic carbocycles. The van der Waals surface area contributed by atoms with Crippen molar-refractivity contribution in [1.29, 1.82) is 0 Å². The van der Waals surface area contributed by atoms with E-state index >= 15 is 0 Å². The molecule has 6 rings (SSSR count). The van der Waals surface area contributed by atoms with Crippen molar-refractivity contribution in [2.75, 3.05) is 18.0 Å². The van der Waals surface area contributed by atoms with Crippen molar-refractivity contribution in [3.63, 3.8) is 0 Å². The van der Waals surface area contributed by atoms with Crippen molar-refractivity contribution in [2.45, 2.75) is 45.4 Å². The Morgan fingerprint density at radius 3 is 2.59 bits per heavy atom. The molecule has 4 aromatic rings. The van der Waals surface area contributed by atoms with Gasteiger partial charge in [0.1, 0.15) is 23.6 Å². The van der Waals surface area contributed by atoms with Gasteiger partial charge in [0.25, 0.3) is 0 Å². The fourth-order valence-corrected chi connectivity index (χ4v) is 5.57. The van der Waals surface area contributed by atoms with Crippen molar-refractivity contribution < 1.29 is 13.9 Å². The highest BCUT2D eigenvalue weighted by Crippen LogP contribution is 2.34. The fraction of sp³-hybridized carbons (Fsp3) is 0.290. The van der Waals surface area contributed by atoms with Gasteiger partial charge in [-0.15, -0.1) is 0 Å². The van der Waals surface area contributed by atoms with Gasteiger partial charge in [-0.3, -0.25) is 9.69 Å². The van der Waals surface area contributed by atoms with Crippen molar-refractivity contribution >= 4 is 22.6 Å². The van der Waals surface area contributed by atoms with Crippen LogP contribution in [0.5, 0.6) is 5.75 Å². The number of nitrogens with zero attached hydrogens (tertiary/aromatic N) is 2. The number of hydrogen-bond acceptors (Lipinski definition) is 5. The zero-order valence-corrected chi connectivity index (χ0v) is 21.0. The van der Waals surface area contributed by atoms with Crippen molar-refractivity contribution in [3.8, 4) is 5.75 Å². The Hall–Kier alpha value is -3.90. The van der Waals surface area contributed by atoms with Crippen LogP contribution in [-0.2, 0) is 30.8 Å². The van der Waals surface area contributed by atoms with Crippen LogP contribution >= 0.6 is 0 Å². The van der Waals surface area contributed by atoms with E-state index in [4.69, 9.17) is 9.15 Å². The highest BCUT2D eigenvalue weighted by atomic mass is 16.5. The minimum Gasteiger partial charge on any atom is -0.489 e. The van der Waals surface area contributed by atoms with Crippen LogP contribution in [0.1, 0.15) is 35.6 Å². The largest absolute Gasteiger partial charge is 0.489 e. The number of anilines is 1. The van der Waals surface area contributed by atoms with Crippen LogP contribution in [0.3, 0.4) is 0 Å². The van der Waals surface area contributed by atoms with E-state index in [0.29, 0.717) is 30.2 Å². The molecule has 0 N–H and O–H groups in total. The van der Waals surface area contributed by atoms with Gasteiger partial charge in [0.05, 0.1) is 6.04 Å². The molecule has 0 saturated carbocycles. The maximum Gasteiger partial charge on any atom is 0.360 e. The molecule has 1 aromatic heterocycles. The Morgan fingerprint density at radius 2 is 1.76 bits per heavy atom. The molecular formula is C31H30N2O4. The lowest BCUT2D eigenvalue weighted by Gasteiger charge is -2.37. The van der Waals surface area contributed by atoms with Crippen molar-refractivity contribution in [2.24, 2.45) is 0 Å². The number of aryl methyl sites for hydroxylation is 1. The fourth-order valence-electron chi connectivity index (χ4n) is 5.57. The van der Waals surface area contributed by atoms with E-state index in [1.807, 2.05) is 55.5 Å². The van der Waals surface area contributed by atoms with Crippen LogP contribution in [-0.4, -0.2) is 29.9 Å². The van der Waals surface area contributed by atoms with Gasteiger partial charge in [0.2, 0.25) is 5.91 Å². The Bertz CT molecular complexity index is 1510. The third kappa shape index (κ3) is 4.53. The van der Waals surface area contributed by atoms with E-state index in [2.05, 4.69) is 23.1 Å². The Morgan fingerprint density at radius 1 is 0.973 bits per heavy atom. The summed E-state index contributed by atoms with van der Waals surface area (Å²) in [7, 11) is 0. The summed E-state index contributed by atoms with van der Waals surface area (Å²) in [5, 5.41) is 0.831. The summed E-state index contributed by atoms with van der Waals surface area (Å²) in [6, 6.07) is 23.6. The molecule has 0 unspecified atom stereocenters. The van der Waals surface area contributed by atoms with Crippen molar-refractivity contribution in [1.82, 2.24) is 4.90 Å². The number of ether oxygens (including phenoxy) is 1. The third-order valence-electron chi connectivity index (χ3n) is 7.62. The quantitative estimate of drug-likeness (QED) is 0.361. The summed E-state index contributed by atoms with van der Waals surface area (Å²) in [5.41, 5.74) is 5.01. The van der Waals surface area contributed by atoms with E-state index in [1.54, 1.807) is 11.0 Å². The standard InChI is InChI=1S/C31H30N2O4/c1-21(32-17-15-23-10-5-6-11-24(23)19-32)30(34)33-16-7-12-26-27-18-25(36-20-22-8-3-2-4-9-22)13-14-28(27)37-31(35)29(26)33/h2-6,8-11,13-14,18,21H,7,12,15-17,19-20H2,1H3/t21-/m0/s1. The maximum atomic E-state index is 13.8. The van der Waals surface area contributed by atoms with Gasteiger partial charge in [-0.2, -0.15) is 0 Å². The number of fused-ring (bicyclic) bond motifs is 4. The van der Waals surface area contributed by atoms with Crippen LogP contribution in [0.4, 0.5) is 5.69 Å². The molecule has 1 amide bonds. The second-order valence-corrected chi connectivity index (χ2v) is 9.91. The second kappa shape index (κ2) is 9.87. The molecule has 6 nitrogen and oxygen atoms in total. The van der Waals surface area contributed by atoms with E-state index < -0.39 is 5.63 Å². The van der Waals surface area contributed by atoms with E-state index in [9.17, 15) is 9.59 Å². The van der Waals surface area contributed by atoms with E-state index in [0.717, 1.165) is 48.9 Å². The normalized spacial score (nSPS) is 16.2. The minimum atomic E-state index is -0.454. The molecular weight excluding hydrogens is 464 g/mol. The lowest BCUT2D eigenvalue weighted by atomic mass is 9.96. The first kappa shape index (κ1) is 23.5. The lowest BCUT2D eigenvalue weighted by molar-refractivity contribution is -0.123. The molecule has 0 radical (unpaired) electrons. The van der Waals surface area contributed by atoms with Gasteiger partial charge in [0.15, 0.2) is 0 Å². The van der Waals surface area contributed by atoms with Gasteiger partial charge >= 0.3 is 5.63 Å². The van der Waals surface area contributed by atoms with E-state index in [1.165, 1.54) is 11.1 Å². The average Bonchev–Trinajstić information content (AvgIpc) is 2.95. The molecule has 2 aliphatic heterocycles. The molecule has 1 atom stereocenters. The number of rotatable bonds is 5. The van der Waals surface area contributed by atoms with Gasteiger partial charge in [-0.1, -0.05) is 54.6 Å². The molecule has 0 bridgehead atoms. The monoisotopic (exact) mass is 494 g/mol. The smallest absolute Gasteiger partial charge is 0.360 e. The lowest BCUT2D eigenvalue weighted by Crippen LogP contribution is -2.51. The molecule has 37 heavy (non-hydrogen) atoms. The Labute approximate surface area is 216 Å². The minimum absolute atomic E-state index is 0.0523. The maximum absolute atomic E-state index is 13.8. The number of carbonyl (C=O) groups excluding carboxylic acids is 1. The molecule has 0 fully saturated rings. The first-order valence-corrected chi connectivity index (χ1v) is 13.0. The van der Waals surface area contributed by atoms with Gasteiger partial charge in [0, 0.05) is 25.0 Å². The predicted octanol–water partition coefficient (Wildman–Crippen LogP) is 5.10. The van der Waals surface area contributed by atoms with Crippen LogP contribution in [0.15, 0.2) is 82.0 Å². The average molecular weight is 495 g/mol. The summed E-state index contributed by atoms with van der Waals surface area (Å²) in [4.78, 5) is 30.8. The van der Waals surface area contributed by atoms with Gasteiger partial charge < -0.3 is 14.1 Å². The predicted molar refractivity (Wildman–Crippen MR) is 144 cm³/mol. The molecule has 3 aromatic carbocycles. The molecule has 2 aliphatic rings. The molecule has 6 heteroatoms. The topological polar surface area (TPSA) is 63.0 Å². The molecule has 0 saturated heterocycles. The molecule has 0 spiro atoms. The zero-order valence-electron chi connectivity index (χ0n) is 21.0. The first-order chi connectivity index (χ1) is 18.1. The van der Waals surface area contributed by atoms with Crippen LogP contribution in [0.25, 0.3) is 11.0 Å². The van der Waals surface area contributed by atoms with Crippen LogP contribution < -0.4 is 15.3 Å². The Balaban J connectivity index is 1.28. The molecule has 188 valence electrons. The summed E-state index contributed by atoms with van der Waals surface area (Å²) in [6.07, 6.45) is 2.43. The highest BCUT2D eigenvalue weighted by molar-refractivity contribution is 6.00.